The van der Waals surface area contributed by atoms with Gasteiger partial charge in [-0.15, -0.1) is 0 Å². The average Bonchev–Trinajstić information content (AvgIpc) is 2.87. The van der Waals surface area contributed by atoms with E-state index in [4.69, 9.17) is 0 Å². The molecule has 0 aliphatic carbocycles. The largest absolute Gasteiger partial charge is 0.344 e. The maximum absolute atomic E-state index is 4.39. The summed E-state index contributed by atoms with van der Waals surface area (Å²) in [7, 11) is 3.92. The highest BCUT2D eigenvalue weighted by Crippen LogP contribution is 2.14. The van der Waals surface area contributed by atoms with E-state index in [1.807, 2.05) is 31.0 Å². The predicted molar refractivity (Wildman–Crippen MR) is 64.2 cm³/mol. The minimum atomic E-state index is 0.360. The Balaban J connectivity index is 2.18. The topological polar surface area (TPSA) is 34.8 Å². The molecule has 1 atom stereocenters. The lowest BCUT2D eigenvalue weighted by Crippen LogP contribution is -2.17. The van der Waals surface area contributed by atoms with Crippen LogP contribution >= 0.6 is 0 Å². The summed E-state index contributed by atoms with van der Waals surface area (Å²) in [5.41, 5.74) is 2.37. The first-order chi connectivity index (χ1) is 7.70. The molecule has 0 amide bonds. The fraction of sp³-hybridized carbons (Fsp3) is 0.417. The zero-order chi connectivity index (χ0) is 11.5. The smallest absolute Gasteiger partial charge is 0.0821 e. The van der Waals surface area contributed by atoms with Gasteiger partial charge in [-0.05, 0) is 32.2 Å². The number of nitrogens with one attached hydrogen (secondary N) is 1. The molecule has 0 aliphatic rings. The van der Waals surface area contributed by atoms with E-state index in [0.717, 1.165) is 12.2 Å². The lowest BCUT2D eigenvalue weighted by atomic mass is 10.2. The Morgan fingerprint density at radius 2 is 2.19 bits per heavy atom. The monoisotopic (exact) mass is 218 g/mol. The third kappa shape index (κ3) is 2.17. The summed E-state index contributed by atoms with van der Waals surface area (Å²) in [5, 5.41) is 7.64. The van der Waals surface area contributed by atoms with Crippen molar-refractivity contribution in [1.29, 1.82) is 0 Å². The Morgan fingerprint density at radius 3 is 2.81 bits per heavy atom. The summed E-state index contributed by atoms with van der Waals surface area (Å²) in [4.78, 5) is 0. The second kappa shape index (κ2) is 4.53. The van der Waals surface area contributed by atoms with Crippen LogP contribution in [0.2, 0.25) is 0 Å². The SMILES string of the molecule is CNC(C)c1cccn1Cc1ccn(C)n1. The molecule has 2 heterocycles. The van der Waals surface area contributed by atoms with Crippen LogP contribution in [0.5, 0.6) is 0 Å². The number of nitrogens with zero attached hydrogens (tertiary/aromatic N) is 3. The van der Waals surface area contributed by atoms with Crippen LogP contribution in [0, 0.1) is 0 Å². The van der Waals surface area contributed by atoms with Gasteiger partial charge in [-0.25, -0.2) is 0 Å². The molecule has 2 rings (SSSR count). The van der Waals surface area contributed by atoms with Gasteiger partial charge >= 0.3 is 0 Å². The van der Waals surface area contributed by atoms with E-state index in [1.165, 1.54) is 5.69 Å². The Hall–Kier alpha value is -1.55. The number of aromatic nitrogens is 3. The van der Waals surface area contributed by atoms with E-state index >= 15 is 0 Å². The van der Waals surface area contributed by atoms with Gasteiger partial charge in [0.05, 0.1) is 12.2 Å². The van der Waals surface area contributed by atoms with Crippen molar-refractivity contribution < 1.29 is 0 Å². The molecule has 0 saturated heterocycles. The van der Waals surface area contributed by atoms with E-state index in [2.05, 4.69) is 40.2 Å². The summed E-state index contributed by atoms with van der Waals surface area (Å²) in [6.07, 6.45) is 4.07. The molecule has 86 valence electrons. The van der Waals surface area contributed by atoms with Gasteiger partial charge in [-0.3, -0.25) is 4.68 Å². The molecule has 0 bridgehead atoms. The average molecular weight is 218 g/mol. The third-order valence-corrected chi connectivity index (χ3v) is 2.84. The van der Waals surface area contributed by atoms with Crippen molar-refractivity contribution in [3.05, 3.63) is 42.0 Å². The van der Waals surface area contributed by atoms with E-state index in [-0.39, 0.29) is 0 Å². The van der Waals surface area contributed by atoms with E-state index in [1.54, 1.807) is 0 Å². The van der Waals surface area contributed by atoms with E-state index in [0.29, 0.717) is 6.04 Å². The van der Waals surface area contributed by atoms with Gasteiger partial charge in [0.25, 0.3) is 0 Å². The molecule has 2 aromatic heterocycles. The minimum absolute atomic E-state index is 0.360. The van der Waals surface area contributed by atoms with Gasteiger partial charge in [-0.1, -0.05) is 0 Å². The summed E-state index contributed by atoms with van der Waals surface area (Å²) in [5.74, 6) is 0. The molecular formula is C12H18N4. The van der Waals surface area contributed by atoms with Crippen molar-refractivity contribution in [1.82, 2.24) is 19.7 Å². The van der Waals surface area contributed by atoms with Crippen molar-refractivity contribution in [2.75, 3.05) is 7.05 Å². The number of hydrogen-bond donors (Lipinski definition) is 1. The second-order valence-electron chi connectivity index (χ2n) is 4.05. The lowest BCUT2D eigenvalue weighted by Gasteiger charge is -2.13. The predicted octanol–water partition coefficient (Wildman–Crippen LogP) is 1.55. The molecule has 2 aromatic rings. The third-order valence-electron chi connectivity index (χ3n) is 2.84. The molecular weight excluding hydrogens is 200 g/mol. The van der Waals surface area contributed by atoms with Crippen LogP contribution in [0.1, 0.15) is 24.4 Å². The second-order valence-corrected chi connectivity index (χ2v) is 4.05. The fourth-order valence-electron chi connectivity index (χ4n) is 1.83. The Bertz CT molecular complexity index is 455. The Labute approximate surface area is 95.9 Å². The number of hydrogen-bond acceptors (Lipinski definition) is 2. The normalized spacial score (nSPS) is 12.9. The van der Waals surface area contributed by atoms with Crippen molar-refractivity contribution in [3.8, 4) is 0 Å². The number of rotatable bonds is 4. The molecule has 0 saturated carbocycles. The van der Waals surface area contributed by atoms with Crippen molar-refractivity contribution in [3.63, 3.8) is 0 Å². The summed E-state index contributed by atoms with van der Waals surface area (Å²) in [6, 6.07) is 6.63. The highest BCUT2D eigenvalue weighted by Gasteiger charge is 2.08. The standard InChI is InChI=1S/C12H18N4/c1-10(13-2)12-5-4-7-16(12)9-11-6-8-15(3)14-11/h4-8,10,13H,9H2,1-3H3. The van der Waals surface area contributed by atoms with Crippen LogP contribution in [-0.4, -0.2) is 21.4 Å². The summed E-state index contributed by atoms with van der Waals surface area (Å²) < 4.78 is 4.06. The molecule has 4 heteroatoms. The quantitative estimate of drug-likeness (QED) is 0.845. The van der Waals surface area contributed by atoms with Crippen LogP contribution in [-0.2, 0) is 13.6 Å². The van der Waals surface area contributed by atoms with E-state index < -0.39 is 0 Å². The first-order valence-corrected chi connectivity index (χ1v) is 5.51. The Morgan fingerprint density at radius 1 is 1.38 bits per heavy atom. The molecule has 0 fully saturated rings. The van der Waals surface area contributed by atoms with Gasteiger partial charge in [0.2, 0.25) is 0 Å². The van der Waals surface area contributed by atoms with E-state index in [9.17, 15) is 0 Å². The molecule has 1 unspecified atom stereocenters. The summed E-state index contributed by atoms with van der Waals surface area (Å²) >= 11 is 0. The molecule has 0 aliphatic heterocycles. The minimum Gasteiger partial charge on any atom is -0.344 e. The lowest BCUT2D eigenvalue weighted by molar-refractivity contribution is 0.583. The molecule has 4 nitrogen and oxygen atoms in total. The molecule has 16 heavy (non-hydrogen) atoms. The highest BCUT2D eigenvalue weighted by molar-refractivity contribution is 5.13. The first kappa shape index (κ1) is 11.0. The summed E-state index contributed by atoms with van der Waals surface area (Å²) in [6.45, 7) is 2.99. The van der Waals surface area contributed by atoms with Gasteiger partial charge in [0, 0.05) is 31.2 Å². The maximum atomic E-state index is 4.39. The van der Waals surface area contributed by atoms with Crippen LogP contribution in [0.15, 0.2) is 30.6 Å². The number of aryl methyl sites for hydroxylation is 1. The van der Waals surface area contributed by atoms with Crippen LogP contribution in [0.3, 0.4) is 0 Å². The van der Waals surface area contributed by atoms with Gasteiger partial charge < -0.3 is 9.88 Å². The van der Waals surface area contributed by atoms with Crippen LogP contribution in [0.4, 0.5) is 0 Å². The van der Waals surface area contributed by atoms with Crippen molar-refractivity contribution in [2.45, 2.75) is 19.5 Å². The molecule has 0 radical (unpaired) electrons. The fourth-order valence-corrected chi connectivity index (χ4v) is 1.83. The molecule has 0 spiro atoms. The van der Waals surface area contributed by atoms with Gasteiger partial charge in [-0.2, -0.15) is 5.10 Å². The van der Waals surface area contributed by atoms with Crippen molar-refractivity contribution in [2.24, 2.45) is 7.05 Å². The Kier molecular flexibility index (Phi) is 3.10. The molecule has 1 N–H and O–H groups in total. The van der Waals surface area contributed by atoms with Crippen LogP contribution in [0.25, 0.3) is 0 Å². The first-order valence-electron chi connectivity index (χ1n) is 5.51. The zero-order valence-electron chi connectivity index (χ0n) is 10.0. The maximum Gasteiger partial charge on any atom is 0.0821 e. The molecule has 0 aromatic carbocycles. The van der Waals surface area contributed by atoms with Crippen molar-refractivity contribution >= 4 is 0 Å². The van der Waals surface area contributed by atoms with Gasteiger partial charge in [0.15, 0.2) is 0 Å². The van der Waals surface area contributed by atoms with Gasteiger partial charge in [0.1, 0.15) is 0 Å². The van der Waals surface area contributed by atoms with Crippen LogP contribution < -0.4 is 5.32 Å². The highest BCUT2D eigenvalue weighted by atomic mass is 15.3. The zero-order valence-corrected chi connectivity index (χ0v) is 10.0.